The van der Waals surface area contributed by atoms with E-state index in [9.17, 15) is 0 Å². The molecule has 0 heteroatoms. The summed E-state index contributed by atoms with van der Waals surface area (Å²) in [6.07, 6.45) is 10.2. The molecule has 0 radical (unpaired) electrons. The van der Waals surface area contributed by atoms with Crippen LogP contribution in [0, 0.1) is 12.3 Å². The lowest BCUT2D eigenvalue weighted by Crippen LogP contribution is -1.81. The molecule has 0 saturated heterocycles. The maximum atomic E-state index is 2.26. The van der Waals surface area contributed by atoms with Gasteiger partial charge in [0.25, 0.3) is 0 Å². The summed E-state index contributed by atoms with van der Waals surface area (Å²) in [6.45, 7) is 0. The summed E-state index contributed by atoms with van der Waals surface area (Å²) >= 11 is 0. The van der Waals surface area contributed by atoms with E-state index in [4.69, 9.17) is 0 Å². The van der Waals surface area contributed by atoms with Gasteiger partial charge in [-0.05, 0) is 6.08 Å². The third-order valence-electron chi connectivity index (χ3n) is 1.59. The Hall–Kier alpha value is -0.650. The first-order valence-corrected chi connectivity index (χ1v) is 2.67. The molecule has 1 unspecified atom stereocenters. The van der Waals surface area contributed by atoms with Crippen LogP contribution < -0.4 is 0 Å². The molecule has 0 fully saturated rings. The Bertz CT molecular complexity index is 140. The second kappa shape index (κ2) is 0.945. The highest BCUT2D eigenvalue weighted by Gasteiger charge is 2.27. The summed E-state index contributed by atoms with van der Waals surface area (Å²) in [4.78, 5) is 0. The van der Waals surface area contributed by atoms with Crippen LogP contribution in [-0.2, 0) is 0 Å². The molecule has 0 heterocycles. The van der Waals surface area contributed by atoms with E-state index in [2.05, 4.69) is 24.6 Å². The normalized spacial score (nSPS) is 33.1. The first-order valence-electron chi connectivity index (χ1n) is 2.67. The van der Waals surface area contributed by atoms with Gasteiger partial charge in [0.1, 0.15) is 0 Å². The lowest BCUT2D eigenvalue weighted by molar-refractivity contribution is 0.843. The van der Waals surface area contributed by atoms with Gasteiger partial charge in [-0.15, -0.1) is 0 Å². The summed E-state index contributed by atoms with van der Waals surface area (Å²) in [5.41, 5.74) is 1.50. The molecule has 2 aliphatic rings. The topological polar surface area (TPSA) is 0 Å². The van der Waals surface area contributed by atoms with Gasteiger partial charge in [0.2, 0.25) is 0 Å². The molecule has 0 nitrogen and oxygen atoms in total. The largest absolute Gasteiger partial charge is 0.0976 e. The van der Waals surface area contributed by atoms with E-state index in [-0.39, 0.29) is 0 Å². The summed E-state index contributed by atoms with van der Waals surface area (Å²) in [6, 6.07) is 0. The number of hydrogen-bond acceptors (Lipinski definition) is 0. The van der Waals surface area contributed by atoms with Crippen molar-refractivity contribution < 1.29 is 0 Å². The van der Waals surface area contributed by atoms with E-state index >= 15 is 0 Å². The summed E-state index contributed by atoms with van der Waals surface area (Å²) in [5, 5.41) is 0. The molecule has 0 aromatic heterocycles. The van der Waals surface area contributed by atoms with Gasteiger partial charge in [-0.25, -0.2) is 0 Å². The highest BCUT2D eigenvalue weighted by molar-refractivity contribution is 5.37. The minimum Gasteiger partial charge on any atom is -0.0357 e. The molecule has 0 aromatic carbocycles. The molecule has 2 bridgehead atoms. The zero-order valence-electron chi connectivity index (χ0n) is 4.09. The SMILES string of the molecule is C1=CC2[CH+]C=C1C2. The second-order valence-corrected chi connectivity index (χ2v) is 2.16. The average molecular weight is 91.1 g/mol. The van der Waals surface area contributed by atoms with Crippen LogP contribution in [0.15, 0.2) is 23.8 Å². The lowest BCUT2D eigenvalue weighted by Gasteiger charge is -1.83. The highest BCUT2D eigenvalue weighted by Crippen LogP contribution is 2.31. The predicted octanol–water partition coefficient (Wildman–Crippen LogP) is 1.71. The minimum absolute atomic E-state index is 0.773. The van der Waals surface area contributed by atoms with Crippen molar-refractivity contribution in [3.8, 4) is 0 Å². The first kappa shape index (κ1) is 3.36. The Morgan fingerprint density at radius 1 is 1.71 bits per heavy atom. The maximum absolute atomic E-state index is 2.26. The Morgan fingerprint density at radius 2 is 2.71 bits per heavy atom. The van der Waals surface area contributed by atoms with Gasteiger partial charge < -0.3 is 0 Å². The van der Waals surface area contributed by atoms with Crippen molar-refractivity contribution in [3.63, 3.8) is 0 Å². The maximum Gasteiger partial charge on any atom is 0.0976 e. The molecule has 0 spiro atoms. The third-order valence-corrected chi connectivity index (χ3v) is 1.59. The molecule has 1 atom stereocenters. The fourth-order valence-electron chi connectivity index (χ4n) is 1.16. The van der Waals surface area contributed by atoms with Crippen molar-refractivity contribution >= 4 is 0 Å². The standard InChI is InChI=1S/C7H7/c1-2-7-4-3-6(1)5-7/h1-4,6H,5H2/q+1. The van der Waals surface area contributed by atoms with E-state index in [1.54, 1.807) is 0 Å². The Morgan fingerprint density at radius 3 is 2.86 bits per heavy atom. The molecule has 2 aliphatic carbocycles. The zero-order chi connectivity index (χ0) is 4.69. The molecule has 0 saturated carbocycles. The van der Waals surface area contributed by atoms with E-state index < -0.39 is 0 Å². The summed E-state index contributed by atoms with van der Waals surface area (Å²) < 4.78 is 0. The van der Waals surface area contributed by atoms with Crippen molar-refractivity contribution in [2.24, 2.45) is 5.92 Å². The van der Waals surface area contributed by atoms with Crippen molar-refractivity contribution in [1.29, 1.82) is 0 Å². The van der Waals surface area contributed by atoms with Crippen LogP contribution in [0.2, 0.25) is 0 Å². The fourth-order valence-corrected chi connectivity index (χ4v) is 1.16. The van der Waals surface area contributed by atoms with Gasteiger partial charge in [0.05, 0.1) is 30.4 Å². The van der Waals surface area contributed by atoms with Gasteiger partial charge in [0, 0.05) is 6.08 Å². The fraction of sp³-hybridized carbons (Fsp3) is 0.286. The quantitative estimate of drug-likeness (QED) is 0.398. The van der Waals surface area contributed by atoms with Crippen LogP contribution in [0.4, 0.5) is 0 Å². The first-order chi connectivity index (χ1) is 3.45. The Balaban J connectivity index is 2.45. The van der Waals surface area contributed by atoms with Gasteiger partial charge in [0.15, 0.2) is 0 Å². The highest BCUT2D eigenvalue weighted by atomic mass is 14.2. The van der Waals surface area contributed by atoms with Crippen LogP contribution >= 0.6 is 0 Å². The van der Waals surface area contributed by atoms with E-state index in [1.807, 2.05) is 0 Å². The van der Waals surface area contributed by atoms with Crippen molar-refractivity contribution in [2.75, 3.05) is 0 Å². The molecule has 0 amide bonds. The molecule has 7 heavy (non-hydrogen) atoms. The number of allylic oxidation sites excluding steroid dienone is 4. The Kier molecular flexibility index (Phi) is 0.454. The summed E-state index contributed by atoms with van der Waals surface area (Å²) in [7, 11) is 0. The van der Waals surface area contributed by atoms with Crippen molar-refractivity contribution in [2.45, 2.75) is 6.42 Å². The monoisotopic (exact) mass is 91.1 g/mol. The Labute approximate surface area is 43.5 Å². The molecule has 34 valence electrons. The van der Waals surface area contributed by atoms with Crippen molar-refractivity contribution in [3.05, 3.63) is 30.2 Å². The van der Waals surface area contributed by atoms with Gasteiger partial charge in [-0.2, -0.15) is 0 Å². The van der Waals surface area contributed by atoms with Crippen LogP contribution in [0.1, 0.15) is 6.42 Å². The predicted molar refractivity (Wildman–Crippen MR) is 29.6 cm³/mol. The number of fused-ring (bicyclic) bond motifs is 2. The minimum atomic E-state index is 0.773. The second-order valence-electron chi connectivity index (χ2n) is 2.16. The average Bonchev–Trinajstić information content (AvgIpc) is 2.22. The van der Waals surface area contributed by atoms with E-state index in [0.717, 1.165) is 5.92 Å². The third kappa shape index (κ3) is 0.337. The van der Waals surface area contributed by atoms with Crippen LogP contribution in [-0.4, -0.2) is 0 Å². The molecule has 0 aromatic rings. The number of hydrogen-bond donors (Lipinski definition) is 0. The van der Waals surface area contributed by atoms with Gasteiger partial charge in [-0.3, -0.25) is 0 Å². The van der Waals surface area contributed by atoms with Crippen molar-refractivity contribution in [1.82, 2.24) is 0 Å². The molecular weight excluding hydrogens is 84.1 g/mol. The summed E-state index contributed by atoms with van der Waals surface area (Å²) in [5.74, 6) is 0.773. The molecule has 2 rings (SSSR count). The molecular formula is C7H7+. The van der Waals surface area contributed by atoms with Gasteiger partial charge in [-0.1, -0.05) is 0 Å². The van der Waals surface area contributed by atoms with Crippen LogP contribution in [0.5, 0.6) is 0 Å². The van der Waals surface area contributed by atoms with Crippen LogP contribution in [0.3, 0.4) is 0 Å². The van der Waals surface area contributed by atoms with E-state index in [0.29, 0.717) is 0 Å². The smallest absolute Gasteiger partial charge is 0.0357 e. The lowest BCUT2D eigenvalue weighted by atomic mass is 10.1. The van der Waals surface area contributed by atoms with E-state index in [1.165, 1.54) is 12.0 Å². The zero-order valence-corrected chi connectivity index (χ0v) is 4.09. The molecule has 0 N–H and O–H groups in total. The van der Waals surface area contributed by atoms with Gasteiger partial charge >= 0.3 is 0 Å². The molecule has 0 aliphatic heterocycles. The number of rotatable bonds is 0. The van der Waals surface area contributed by atoms with Crippen LogP contribution in [0.25, 0.3) is 0 Å².